The predicted octanol–water partition coefficient (Wildman–Crippen LogP) is 0.443. The predicted molar refractivity (Wildman–Crippen MR) is 57.3 cm³/mol. The molecule has 14 heavy (non-hydrogen) atoms. The van der Waals surface area contributed by atoms with Crippen LogP contribution in [0.5, 0.6) is 0 Å². The minimum Gasteiger partial charge on any atom is -0.393 e. The van der Waals surface area contributed by atoms with Crippen molar-refractivity contribution in [2.24, 2.45) is 5.92 Å². The van der Waals surface area contributed by atoms with E-state index in [1.54, 1.807) is 0 Å². The van der Waals surface area contributed by atoms with Crippen LogP contribution in [0.2, 0.25) is 0 Å². The monoisotopic (exact) mass is 198 g/mol. The molecule has 3 heteroatoms. The van der Waals surface area contributed by atoms with Crippen molar-refractivity contribution in [3.8, 4) is 0 Å². The van der Waals surface area contributed by atoms with Gasteiger partial charge in [-0.15, -0.1) is 0 Å². The maximum Gasteiger partial charge on any atom is 0.0564 e. The highest BCUT2D eigenvalue weighted by Crippen LogP contribution is 2.15. The topological polar surface area (TPSA) is 35.5 Å². The molecule has 0 aromatic carbocycles. The zero-order valence-corrected chi connectivity index (χ0v) is 8.91. The van der Waals surface area contributed by atoms with Crippen molar-refractivity contribution in [2.45, 2.75) is 31.8 Å². The first-order valence-electron chi connectivity index (χ1n) is 5.96. The summed E-state index contributed by atoms with van der Waals surface area (Å²) in [4.78, 5) is 2.52. The van der Waals surface area contributed by atoms with Crippen molar-refractivity contribution < 1.29 is 5.11 Å². The first kappa shape index (κ1) is 10.4. The van der Waals surface area contributed by atoms with Gasteiger partial charge in [0.2, 0.25) is 0 Å². The molecule has 2 aliphatic rings. The SMILES string of the molecule is OC1CCN(C[C@@H]2CCCNC2)CC1. The highest BCUT2D eigenvalue weighted by molar-refractivity contribution is 4.76. The van der Waals surface area contributed by atoms with Crippen LogP contribution in [0, 0.1) is 5.92 Å². The maximum atomic E-state index is 9.39. The smallest absolute Gasteiger partial charge is 0.0564 e. The maximum absolute atomic E-state index is 9.39. The fraction of sp³-hybridized carbons (Fsp3) is 1.00. The van der Waals surface area contributed by atoms with Crippen molar-refractivity contribution >= 4 is 0 Å². The van der Waals surface area contributed by atoms with Crippen LogP contribution in [0.4, 0.5) is 0 Å². The molecule has 0 amide bonds. The van der Waals surface area contributed by atoms with E-state index < -0.39 is 0 Å². The van der Waals surface area contributed by atoms with Crippen LogP contribution in [0.25, 0.3) is 0 Å². The van der Waals surface area contributed by atoms with E-state index in [9.17, 15) is 5.11 Å². The van der Waals surface area contributed by atoms with Crippen LogP contribution in [-0.4, -0.2) is 48.8 Å². The van der Waals surface area contributed by atoms with E-state index in [1.165, 1.54) is 32.5 Å². The summed E-state index contributed by atoms with van der Waals surface area (Å²) in [6.07, 6.45) is 4.63. The molecular formula is C11H22N2O. The zero-order valence-electron chi connectivity index (χ0n) is 8.91. The largest absolute Gasteiger partial charge is 0.393 e. The fourth-order valence-electron chi connectivity index (χ4n) is 2.55. The molecule has 0 bridgehead atoms. The summed E-state index contributed by atoms with van der Waals surface area (Å²) in [5, 5.41) is 12.9. The Morgan fingerprint density at radius 2 is 2.00 bits per heavy atom. The second-order valence-corrected chi connectivity index (χ2v) is 4.74. The molecule has 0 aliphatic carbocycles. The Hall–Kier alpha value is -0.120. The first-order valence-corrected chi connectivity index (χ1v) is 5.96. The van der Waals surface area contributed by atoms with Crippen molar-refractivity contribution in [2.75, 3.05) is 32.7 Å². The molecule has 2 saturated heterocycles. The Labute approximate surface area is 86.5 Å². The average molecular weight is 198 g/mol. The van der Waals surface area contributed by atoms with Crippen LogP contribution in [0.15, 0.2) is 0 Å². The quantitative estimate of drug-likeness (QED) is 0.676. The number of aliphatic hydroxyl groups excluding tert-OH is 1. The van der Waals surface area contributed by atoms with E-state index in [1.807, 2.05) is 0 Å². The molecule has 2 heterocycles. The summed E-state index contributed by atoms with van der Waals surface area (Å²) in [7, 11) is 0. The van der Waals surface area contributed by atoms with E-state index in [-0.39, 0.29) is 6.10 Å². The average Bonchev–Trinajstić information content (AvgIpc) is 2.23. The number of piperidine rings is 2. The summed E-state index contributed by atoms with van der Waals surface area (Å²) < 4.78 is 0. The molecule has 0 saturated carbocycles. The van der Waals surface area contributed by atoms with Gasteiger partial charge in [0, 0.05) is 19.6 Å². The molecule has 82 valence electrons. The van der Waals surface area contributed by atoms with Crippen molar-refractivity contribution in [1.29, 1.82) is 0 Å². The minimum absolute atomic E-state index is 0.0317. The molecule has 0 unspecified atom stereocenters. The van der Waals surface area contributed by atoms with Crippen molar-refractivity contribution in [3.05, 3.63) is 0 Å². The van der Waals surface area contributed by atoms with Crippen LogP contribution >= 0.6 is 0 Å². The summed E-state index contributed by atoms with van der Waals surface area (Å²) in [6.45, 7) is 5.82. The van der Waals surface area contributed by atoms with Gasteiger partial charge in [0.1, 0.15) is 0 Å². The third-order valence-corrected chi connectivity index (χ3v) is 3.47. The molecule has 2 rings (SSSR count). The van der Waals surface area contributed by atoms with Gasteiger partial charge in [-0.3, -0.25) is 0 Å². The lowest BCUT2D eigenvalue weighted by Gasteiger charge is -2.34. The van der Waals surface area contributed by atoms with Crippen LogP contribution in [0.3, 0.4) is 0 Å². The van der Waals surface area contributed by atoms with E-state index in [0.29, 0.717) is 0 Å². The second-order valence-electron chi connectivity index (χ2n) is 4.74. The molecule has 0 aromatic heterocycles. The fourth-order valence-corrected chi connectivity index (χ4v) is 2.55. The first-order chi connectivity index (χ1) is 6.84. The summed E-state index contributed by atoms with van der Waals surface area (Å²) in [6, 6.07) is 0. The standard InChI is InChI=1S/C11H22N2O/c14-11-3-6-13(7-4-11)9-10-2-1-5-12-8-10/h10-12,14H,1-9H2/t10-/m1/s1. The van der Waals surface area contributed by atoms with Crippen molar-refractivity contribution in [1.82, 2.24) is 10.2 Å². The normalized spacial score (nSPS) is 31.9. The van der Waals surface area contributed by atoms with Gasteiger partial charge < -0.3 is 15.3 Å². The Kier molecular flexibility index (Phi) is 3.79. The van der Waals surface area contributed by atoms with E-state index in [0.717, 1.165) is 31.8 Å². The number of nitrogens with zero attached hydrogens (tertiary/aromatic N) is 1. The van der Waals surface area contributed by atoms with Crippen LogP contribution < -0.4 is 5.32 Å². The molecule has 2 aliphatic heterocycles. The lowest BCUT2D eigenvalue weighted by Crippen LogP contribution is -2.42. The number of nitrogens with one attached hydrogen (secondary N) is 1. The number of hydrogen-bond donors (Lipinski definition) is 2. The van der Waals surface area contributed by atoms with Gasteiger partial charge in [-0.25, -0.2) is 0 Å². The minimum atomic E-state index is -0.0317. The molecule has 1 atom stereocenters. The van der Waals surface area contributed by atoms with Gasteiger partial charge in [-0.2, -0.15) is 0 Å². The number of aliphatic hydroxyl groups is 1. The van der Waals surface area contributed by atoms with Crippen LogP contribution in [-0.2, 0) is 0 Å². The van der Waals surface area contributed by atoms with Crippen LogP contribution in [0.1, 0.15) is 25.7 Å². The Balaban J connectivity index is 1.68. The van der Waals surface area contributed by atoms with Gasteiger partial charge in [0.15, 0.2) is 0 Å². The molecule has 0 spiro atoms. The van der Waals surface area contributed by atoms with Gasteiger partial charge in [-0.1, -0.05) is 0 Å². The molecule has 2 fully saturated rings. The van der Waals surface area contributed by atoms with E-state index >= 15 is 0 Å². The molecule has 3 nitrogen and oxygen atoms in total. The summed E-state index contributed by atoms with van der Waals surface area (Å²) in [5.41, 5.74) is 0. The van der Waals surface area contributed by atoms with Gasteiger partial charge in [-0.05, 0) is 44.7 Å². The van der Waals surface area contributed by atoms with E-state index in [2.05, 4.69) is 10.2 Å². The number of rotatable bonds is 2. The molecule has 2 N–H and O–H groups in total. The third-order valence-electron chi connectivity index (χ3n) is 3.47. The molecule has 0 aromatic rings. The third kappa shape index (κ3) is 2.94. The lowest BCUT2D eigenvalue weighted by atomic mass is 9.97. The van der Waals surface area contributed by atoms with Gasteiger partial charge in [0.25, 0.3) is 0 Å². The van der Waals surface area contributed by atoms with Gasteiger partial charge in [0.05, 0.1) is 6.10 Å². The number of likely N-dealkylation sites (tertiary alicyclic amines) is 1. The Morgan fingerprint density at radius 1 is 1.21 bits per heavy atom. The second kappa shape index (κ2) is 5.10. The Morgan fingerprint density at radius 3 is 2.64 bits per heavy atom. The summed E-state index contributed by atoms with van der Waals surface area (Å²) in [5.74, 6) is 0.846. The van der Waals surface area contributed by atoms with E-state index in [4.69, 9.17) is 0 Å². The molecule has 0 radical (unpaired) electrons. The zero-order chi connectivity index (χ0) is 9.80. The number of hydrogen-bond acceptors (Lipinski definition) is 3. The highest BCUT2D eigenvalue weighted by atomic mass is 16.3. The van der Waals surface area contributed by atoms with Crippen molar-refractivity contribution in [3.63, 3.8) is 0 Å². The van der Waals surface area contributed by atoms with Gasteiger partial charge >= 0.3 is 0 Å². The highest BCUT2D eigenvalue weighted by Gasteiger charge is 2.21. The summed E-state index contributed by atoms with van der Waals surface area (Å²) >= 11 is 0. The molecular weight excluding hydrogens is 176 g/mol. The lowest BCUT2D eigenvalue weighted by molar-refractivity contribution is 0.0723. The Bertz CT molecular complexity index is 161.